The molecule has 0 bridgehead atoms. The molecule has 5 rings (SSSR count). The highest BCUT2D eigenvalue weighted by molar-refractivity contribution is 7.90. The summed E-state index contributed by atoms with van der Waals surface area (Å²) in [6.45, 7) is 5.58. The average molecular weight is 520 g/mol. The van der Waals surface area contributed by atoms with Crippen molar-refractivity contribution in [3.63, 3.8) is 0 Å². The maximum Gasteiger partial charge on any atom is 0.268 e. The summed E-state index contributed by atoms with van der Waals surface area (Å²) in [7, 11) is -4.00. The first kappa shape index (κ1) is 24.1. The molecule has 37 heavy (non-hydrogen) atoms. The predicted molar refractivity (Wildman–Crippen MR) is 135 cm³/mol. The third-order valence-electron chi connectivity index (χ3n) is 5.82. The van der Waals surface area contributed by atoms with Crippen LogP contribution in [0.2, 0.25) is 0 Å². The second kappa shape index (κ2) is 9.14. The van der Waals surface area contributed by atoms with E-state index in [4.69, 9.17) is 4.74 Å². The summed E-state index contributed by atoms with van der Waals surface area (Å²) in [4.78, 5) is 17.7. The first-order chi connectivity index (χ1) is 17.7. The van der Waals surface area contributed by atoms with Gasteiger partial charge in [-0.25, -0.2) is 26.2 Å². The standard InChI is InChI=1S/C27H19F2N3O4S/c1-3-20-21-10-11-32(37(34,35)19-7-4-16(2)5-8-19)25(21)13-24(29)26(20)36-18-6-9-23(28)22(12-18)27-30-14-17(15-33)31-27/h3-15H,1H2,2H3,(H,30,31). The Morgan fingerprint density at radius 1 is 1.05 bits per heavy atom. The highest BCUT2D eigenvalue weighted by Gasteiger charge is 2.23. The molecule has 2 heterocycles. The van der Waals surface area contributed by atoms with Crippen molar-refractivity contribution in [1.29, 1.82) is 0 Å². The molecule has 0 saturated heterocycles. The van der Waals surface area contributed by atoms with Gasteiger partial charge in [-0.05, 0) is 43.3 Å². The van der Waals surface area contributed by atoms with Crippen LogP contribution in [-0.2, 0) is 10.0 Å². The van der Waals surface area contributed by atoms with Gasteiger partial charge in [-0.2, -0.15) is 0 Å². The van der Waals surface area contributed by atoms with Crippen LogP contribution in [0.25, 0.3) is 28.4 Å². The fourth-order valence-corrected chi connectivity index (χ4v) is 5.31. The summed E-state index contributed by atoms with van der Waals surface area (Å²) in [5.74, 6) is -1.48. The Kier molecular flexibility index (Phi) is 5.96. The number of nitrogens with zero attached hydrogens (tertiary/aromatic N) is 2. The summed E-state index contributed by atoms with van der Waals surface area (Å²) in [6.07, 6.45) is 4.50. The van der Waals surface area contributed by atoms with Crippen molar-refractivity contribution in [2.24, 2.45) is 0 Å². The number of hydrogen-bond acceptors (Lipinski definition) is 5. The molecule has 0 spiro atoms. The van der Waals surface area contributed by atoms with Gasteiger partial charge in [0.2, 0.25) is 0 Å². The first-order valence-corrected chi connectivity index (χ1v) is 12.4. The topological polar surface area (TPSA) is 94.0 Å². The van der Waals surface area contributed by atoms with Crippen LogP contribution in [0.5, 0.6) is 11.5 Å². The van der Waals surface area contributed by atoms with Crippen LogP contribution in [0.3, 0.4) is 0 Å². The molecule has 5 aromatic rings. The summed E-state index contributed by atoms with van der Waals surface area (Å²) in [5.41, 5.74) is 1.41. The Bertz CT molecular complexity index is 1790. The number of ether oxygens (including phenoxy) is 1. The molecule has 2 aromatic heterocycles. The van der Waals surface area contributed by atoms with E-state index < -0.39 is 21.7 Å². The number of aromatic amines is 1. The number of imidazole rings is 1. The molecule has 0 saturated carbocycles. The molecule has 1 N–H and O–H groups in total. The number of nitrogens with one attached hydrogen (secondary N) is 1. The molecule has 0 atom stereocenters. The van der Waals surface area contributed by atoms with Gasteiger partial charge in [0.15, 0.2) is 17.9 Å². The van der Waals surface area contributed by atoms with Gasteiger partial charge < -0.3 is 9.72 Å². The third kappa shape index (κ3) is 4.21. The van der Waals surface area contributed by atoms with E-state index >= 15 is 4.39 Å². The van der Waals surface area contributed by atoms with Crippen molar-refractivity contribution in [3.8, 4) is 22.9 Å². The van der Waals surface area contributed by atoms with Gasteiger partial charge in [-0.3, -0.25) is 4.79 Å². The van der Waals surface area contributed by atoms with Crippen LogP contribution < -0.4 is 4.74 Å². The molecule has 0 amide bonds. The Morgan fingerprint density at radius 3 is 2.49 bits per heavy atom. The van der Waals surface area contributed by atoms with Crippen LogP contribution in [0.15, 0.2) is 78.5 Å². The summed E-state index contributed by atoms with van der Waals surface area (Å²) in [6, 6.07) is 12.7. The van der Waals surface area contributed by atoms with Gasteiger partial charge in [0, 0.05) is 23.2 Å². The Balaban J connectivity index is 1.58. The SMILES string of the molecule is C=Cc1c(Oc2ccc(F)c(-c3ncc(C=O)[nH]3)c2)c(F)cc2c1ccn2S(=O)(=O)c1ccc(C)cc1. The van der Waals surface area contributed by atoms with Crippen LogP contribution in [-0.4, -0.2) is 28.6 Å². The fraction of sp³-hybridized carbons (Fsp3) is 0.0370. The summed E-state index contributed by atoms with van der Waals surface area (Å²) < 4.78 is 63.2. The second-order valence-corrected chi connectivity index (χ2v) is 10.0. The fourth-order valence-electron chi connectivity index (χ4n) is 3.97. The number of aldehydes is 1. The average Bonchev–Trinajstić information content (AvgIpc) is 3.53. The van der Waals surface area contributed by atoms with Crippen molar-refractivity contribution in [2.75, 3.05) is 0 Å². The minimum atomic E-state index is -4.00. The number of hydrogen-bond donors (Lipinski definition) is 1. The normalized spacial score (nSPS) is 11.5. The number of halogens is 2. The maximum absolute atomic E-state index is 15.4. The zero-order valence-electron chi connectivity index (χ0n) is 19.4. The van der Waals surface area contributed by atoms with E-state index in [-0.39, 0.29) is 44.6 Å². The van der Waals surface area contributed by atoms with E-state index in [0.29, 0.717) is 11.7 Å². The van der Waals surface area contributed by atoms with Crippen molar-refractivity contribution >= 4 is 33.3 Å². The van der Waals surface area contributed by atoms with Crippen LogP contribution in [0.1, 0.15) is 21.6 Å². The number of carbonyl (C=O) groups excluding carboxylic acids is 1. The molecule has 7 nitrogen and oxygen atoms in total. The van der Waals surface area contributed by atoms with E-state index in [1.165, 1.54) is 48.8 Å². The van der Waals surface area contributed by atoms with Crippen molar-refractivity contribution < 1.29 is 26.7 Å². The number of aryl methyl sites for hydroxylation is 1. The molecular weight excluding hydrogens is 500 g/mol. The molecule has 0 aliphatic heterocycles. The first-order valence-electron chi connectivity index (χ1n) is 11.0. The number of rotatable bonds is 7. The van der Waals surface area contributed by atoms with E-state index in [2.05, 4.69) is 16.5 Å². The second-order valence-electron chi connectivity index (χ2n) is 8.22. The molecular formula is C27H19F2N3O4S. The lowest BCUT2D eigenvalue weighted by molar-refractivity contribution is 0.111. The molecule has 3 aromatic carbocycles. The van der Waals surface area contributed by atoms with Gasteiger partial charge in [-0.1, -0.05) is 30.4 Å². The van der Waals surface area contributed by atoms with Crippen molar-refractivity contribution in [1.82, 2.24) is 13.9 Å². The number of carbonyl (C=O) groups is 1. The summed E-state index contributed by atoms with van der Waals surface area (Å²) >= 11 is 0. The van der Waals surface area contributed by atoms with Crippen LogP contribution >= 0.6 is 0 Å². The Hall–Kier alpha value is -4.57. The number of benzene rings is 3. The number of H-pyrrole nitrogens is 1. The lowest BCUT2D eigenvalue weighted by Gasteiger charge is -2.14. The van der Waals surface area contributed by atoms with Crippen molar-refractivity contribution in [2.45, 2.75) is 11.8 Å². The number of aromatic nitrogens is 3. The van der Waals surface area contributed by atoms with Gasteiger partial charge in [0.05, 0.1) is 27.9 Å². The van der Waals surface area contributed by atoms with Crippen molar-refractivity contribution in [3.05, 3.63) is 102 Å². The monoisotopic (exact) mass is 519 g/mol. The van der Waals surface area contributed by atoms with Gasteiger partial charge in [-0.15, -0.1) is 0 Å². The highest BCUT2D eigenvalue weighted by atomic mass is 32.2. The van der Waals surface area contributed by atoms with E-state index in [1.54, 1.807) is 12.1 Å². The van der Waals surface area contributed by atoms with Crippen LogP contribution in [0, 0.1) is 18.6 Å². The third-order valence-corrected chi connectivity index (χ3v) is 7.53. The summed E-state index contributed by atoms with van der Waals surface area (Å²) in [5, 5.41) is 0.395. The largest absolute Gasteiger partial charge is 0.454 e. The van der Waals surface area contributed by atoms with Crippen LogP contribution in [0.4, 0.5) is 8.78 Å². The van der Waals surface area contributed by atoms with Gasteiger partial charge >= 0.3 is 0 Å². The van der Waals surface area contributed by atoms with Gasteiger partial charge in [0.25, 0.3) is 10.0 Å². The van der Waals surface area contributed by atoms with E-state index in [1.807, 2.05) is 6.92 Å². The molecule has 186 valence electrons. The molecule has 0 unspecified atom stereocenters. The Labute approximate surface area is 210 Å². The maximum atomic E-state index is 15.4. The zero-order chi connectivity index (χ0) is 26.3. The molecule has 10 heteroatoms. The van der Waals surface area contributed by atoms with Gasteiger partial charge in [0.1, 0.15) is 17.4 Å². The molecule has 0 fully saturated rings. The van der Waals surface area contributed by atoms with E-state index in [0.717, 1.165) is 21.7 Å². The number of fused-ring (bicyclic) bond motifs is 1. The zero-order valence-corrected chi connectivity index (χ0v) is 20.2. The minimum Gasteiger partial charge on any atom is -0.454 e. The predicted octanol–water partition coefficient (Wildman–Crippen LogP) is 6.10. The quantitative estimate of drug-likeness (QED) is 0.262. The lowest BCUT2D eigenvalue weighted by Crippen LogP contribution is -2.12. The molecule has 0 aliphatic rings. The smallest absolute Gasteiger partial charge is 0.268 e. The molecule has 0 aliphatic carbocycles. The lowest BCUT2D eigenvalue weighted by atomic mass is 10.1. The minimum absolute atomic E-state index is 0.0163. The Morgan fingerprint density at radius 2 is 1.81 bits per heavy atom. The molecule has 0 radical (unpaired) electrons. The van der Waals surface area contributed by atoms with E-state index in [9.17, 15) is 17.6 Å². The highest BCUT2D eigenvalue weighted by Crippen LogP contribution is 2.38.